The molecule has 2 rings (SSSR count). The molecule has 1 aromatic heterocycles. The number of nitrogens with zero attached hydrogens (tertiary/aromatic N) is 1. The molecule has 4 nitrogen and oxygen atoms in total. The normalized spacial score (nSPS) is 16.2. The number of nitrogens with one attached hydrogen (secondary N) is 2. The summed E-state index contributed by atoms with van der Waals surface area (Å²) in [6.45, 7) is 6.02. The zero-order valence-electron chi connectivity index (χ0n) is 11.7. The van der Waals surface area contributed by atoms with Gasteiger partial charge in [0.15, 0.2) is 0 Å². The van der Waals surface area contributed by atoms with Crippen molar-refractivity contribution in [3.63, 3.8) is 0 Å². The lowest BCUT2D eigenvalue weighted by atomic mass is 10.2. The first-order chi connectivity index (χ1) is 9.74. The molecule has 112 valence electrons. The quantitative estimate of drug-likeness (QED) is 0.780. The summed E-state index contributed by atoms with van der Waals surface area (Å²) in [6, 6.07) is 4.19. The monoisotopic (exact) mass is 359 g/mol. The van der Waals surface area contributed by atoms with Crippen molar-refractivity contribution in [1.29, 1.82) is 0 Å². The van der Waals surface area contributed by atoms with Gasteiger partial charge in [-0.3, -0.25) is 9.69 Å². The van der Waals surface area contributed by atoms with E-state index in [1.54, 1.807) is 11.3 Å². The fourth-order valence-corrected chi connectivity index (χ4v) is 3.81. The lowest BCUT2D eigenvalue weighted by molar-refractivity contribution is -0.121. The number of hydrogen-bond acceptors (Lipinski definition) is 4. The van der Waals surface area contributed by atoms with Crippen molar-refractivity contribution in [1.82, 2.24) is 15.5 Å². The summed E-state index contributed by atoms with van der Waals surface area (Å²) >= 11 is 5.20. The van der Waals surface area contributed by atoms with E-state index in [1.807, 2.05) is 0 Å². The van der Waals surface area contributed by atoms with E-state index in [4.69, 9.17) is 0 Å². The highest BCUT2D eigenvalue weighted by atomic mass is 79.9. The first kappa shape index (κ1) is 15.9. The third-order valence-electron chi connectivity index (χ3n) is 3.42. The fourth-order valence-electron chi connectivity index (χ4n) is 2.29. The van der Waals surface area contributed by atoms with Crippen LogP contribution in [0.3, 0.4) is 0 Å². The van der Waals surface area contributed by atoms with Gasteiger partial charge in [-0.05, 0) is 40.9 Å². The van der Waals surface area contributed by atoms with Gasteiger partial charge in [0.2, 0.25) is 5.91 Å². The largest absolute Gasteiger partial charge is 0.355 e. The summed E-state index contributed by atoms with van der Waals surface area (Å²) in [5.74, 6) is 0.177. The molecule has 1 aromatic rings. The number of hydrogen-bond donors (Lipinski definition) is 2. The predicted octanol–water partition coefficient (Wildman–Crippen LogP) is 1.85. The van der Waals surface area contributed by atoms with Gasteiger partial charge in [0.05, 0.1) is 3.79 Å². The van der Waals surface area contributed by atoms with E-state index in [-0.39, 0.29) is 5.91 Å². The second-order valence-electron chi connectivity index (χ2n) is 5.00. The lowest BCUT2D eigenvalue weighted by Crippen LogP contribution is -2.46. The molecule has 0 saturated carbocycles. The number of rotatable bonds is 7. The number of carbonyl (C=O) groups excluding carboxylic acids is 1. The molecule has 1 amide bonds. The average Bonchev–Trinajstić information content (AvgIpc) is 2.86. The molecule has 1 saturated heterocycles. The third-order valence-corrected chi connectivity index (χ3v) is 5.10. The highest BCUT2D eigenvalue weighted by molar-refractivity contribution is 9.11. The zero-order chi connectivity index (χ0) is 14.2. The SMILES string of the molecule is O=C(CCCc1ccc(Br)s1)NCCN1CCNCC1. The molecule has 1 aliphatic rings. The van der Waals surface area contributed by atoms with Crippen LogP contribution in [-0.4, -0.2) is 50.1 Å². The van der Waals surface area contributed by atoms with E-state index in [1.165, 1.54) is 4.88 Å². The van der Waals surface area contributed by atoms with Crippen molar-refractivity contribution < 1.29 is 4.79 Å². The third kappa shape index (κ3) is 5.91. The van der Waals surface area contributed by atoms with Gasteiger partial charge in [0, 0.05) is 50.6 Å². The number of aryl methyl sites for hydroxylation is 1. The Bertz CT molecular complexity index is 418. The van der Waals surface area contributed by atoms with Crippen LogP contribution in [0.1, 0.15) is 17.7 Å². The van der Waals surface area contributed by atoms with Crippen LogP contribution in [0.5, 0.6) is 0 Å². The van der Waals surface area contributed by atoms with Crippen molar-refractivity contribution in [2.75, 3.05) is 39.3 Å². The van der Waals surface area contributed by atoms with Gasteiger partial charge in [-0.2, -0.15) is 0 Å². The predicted molar refractivity (Wildman–Crippen MR) is 87.3 cm³/mol. The number of carbonyl (C=O) groups is 1. The van der Waals surface area contributed by atoms with E-state index < -0.39 is 0 Å². The standard InChI is InChI=1S/C14H22BrN3OS/c15-13-5-4-12(20-13)2-1-3-14(19)17-8-11-18-9-6-16-7-10-18/h4-5,16H,1-3,6-11H2,(H,17,19). The smallest absolute Gasteiger partial charge is 0.220 e. The Hall–Kier alpha value is -0.430. The van der Waals surface area contributed by atoms with Crippen molar-refractivity contribution in [3.8, 4) is 0 Å². The van der Waals surface area contributed by atoms with E-state index >= 15 is 0 Å². The van der Waals surface area contributed by atoms with Crippen molar-refractivity contribution in [3.05, 3.63) is 20.8 Å². The maximum atomic E-state index is 11.7. The summed E-state index contributed by atoms with van der Waals surface area (Å²) < 4.78 is 1.16. The molecule has 1 fully saturated rings. The summed E-state index contributed by atoms with van der Waals surface area (Å²) in [7, 11) is 0. The maximum Gasteiger partial charge on any atom is 0.220 e. The molecule has 0 spiro atoms. The molecule has 0 unspecified atom stereocenters. The minimum atomic E-state index is 0.177. The van der Waals surface area contributed by atoms with Gasteiger partial charge in [-0.25, -0.2) is 0 Å². The molecule has 2 heterocycles. The number of piperazine rings is 1. The Morgan fingerprint density at radius 3 is 2.90 bits per heavy atom. The van der Waals surface area contributed by atoms with Crippen LogP contribution >= 0.6 is 27.3 Å². The molecule has 0 atom stereocenters. The summed E-state index contributed by atoms with van der Waals surface area (Å²) in [6.07, 6.45) is 2.53. The van der Waals surface area contributed by atoms with Crippen LogP contribution in [-0.2, 0) is 11.2 Å². The first-order valence-electron chi connectivity index (χ1n) is 7.18. The van der Waals surface area contributed by atoms with Gasteiger partial charge in [-0.15, -0.1) is 11.3 Å². The number of amides is 1. The van der Waals surface area contributed by atoms with Crippen LogP contribution in [0.4, 0.5) is 0 Å². The Morgan fingerprint density at radius 1 is 1.40 bits per heavy atom. The minimum absolute atomic E-state index is 0.177. The van der Waals surface area contributed by atoms with Crippen molar-refractivity contribution in [2.45, 2.75) is 19.3 Å². The second-order valence-corrected chi connectivity index (χ2v) is 7.55. The molecule has 0 aromatic carbocycles. The first-order valence-corrected chi connectivity index (χ1v) is 8.79. The van der Waals surface area contributed by atoms with E-state index in [2.05, 4.69) is 43.6 Å². The number of halogens is 1. The van der Waals surface area contributed by atoms with Crippen LogP contribution in [0.2, 0.25) is 0 Å². The van der Waals surface area contributed by atoms with E-state index in [0.29, 0.717) is 6.42 Å². The van der Waals surface area contributed by atoms with Gasteiger partial charge in [0.25, 0.3) is 0 Å². The summed E-state index contributed by atoms with van der Waals surface area (Å²) in [4.78, 5) is 15.5. The summed E-state index contributed by atoms with van der Waals surface area (Å²) in [5, 5.41) is 6.34. The molecule has 0 radical (unpaired) electrons. The lowest BCUT2D eigenvalue weighted by Gasteiger charge is -2.27. The Labute approximate surface area is 133 Å². The molecule has 0 aliphatic carbocycles. The zero-order valence-corrected chi connectivity index (χ0v) is 14.1. The molecule has 20 heavy (non-hydrogen) atoms. The highest BCUT2D eigenvalue weighted by Crippen LogP contribution is 2.23. The molecule has 6 heteroatoms. The Kier molecular flexibility index (Phi) is 6.99. The average molecular weight is 360 g/mol. The molecular formula is C14H22BrN3OS. The van der Waals surface area contributed by atoms with Crippen LogP contribution in [0.25, 0.3) is 0 Å². The van der Waals surface area contributed by atoms with Gasteiger partial charge >= 0.3 is 0 Å². The number of thiophene rings is 1. The van der Waals surface area contributed by atoms with Crippen molar-refractivity contribution in [2.24, 2.45) is 0 Å². The fraction of sp³-hybridized carbons (Fsp3) is 0.643. The minimum Gasteiger partial charge on any atom is -0.355 e. The van der Waals surface area contributed by atoms with E-state index in [0.717, 1.165) is 55.9 Å². The molecular weight excluding hydrogens is 338 g/mol. The molecule has 1 aliphatic heterocycles. The highest BCUT2D eigenvalue weighted by Gasteiger charge is 2.09. The second kappa shape index (κ2) is 8.77. The van der Waals surface area contributed by atoms with E-state index in [9.17, 15) is 4.79 Å². The van der Waals surface area contributed by atoms with Crippen LogP contribution < -0.4 is 10.6 Å². The van der Waals surface area contributed by atoms with Gasteiger partial charge < -0.3 is 10.6 Å². The molecule has 2 N–H and O–H groups in total. The summed E-state index contributed by atoms with van der Waals surface area (Å²) in [5.41, 5.74) is 0. The Balaban J connectivity index is 1.51. The topological polar surface area (TPSA) is 44.4 Å². The van der Waals surface area contributed by atoms with Crippen molar-refractivity contribution >= 4 is 33.2 Å². The molecule has 0 bridgehead atoms. The van der Waals surface area contributed by atoms with Crippen LogP contribution in [0.15, 0.2) is 15.9 Å². The van der Waals surface area contributed by atoms with Gasteiger partial charge in [0.1, 0.15) is 0 Å². The van der Waals surface area contributed by atoms with Gasteiger partial charge in [-0.1, -0.05) is 0 Å². The maximum absolute atomic E-state index is 11.7. The Morgan fingerprint density at radius 2 is 2.20 bits per heavy atom. The van der Waals surface area contributed by atoms with Crippen LogP contribution in [0, 0.1) is 0 Å².